The van der Waals surface area contributed by atoms with Crippen LogP contribution in [0.3, 0.4) is 0 Å². The Hall–Kier alpha value is -2.59. The van der Waals surface area contributed by atoms with Gasteiger partial charge in [0.15, 0.2) is 21.2 Å². The Labute approximate surface area is 194 Å². The van der Waals surface area contributed by atoms with E-state index in [-0.39, 0.29) is 42.8 Å². The quantitative estimate of drug-likeness (QED) is 0.320. The van der Waals surface area contributed by atoms with Gasteiger partial charge in [0.25, 0.3) is 0 Å². The minimum Gasteiger partial charge on any atom is -0.436 e. The second-order valence-corrected chi connectivity index (χ2v) is 11.2. The van der Waals surface area contributed by atoms with Crippen molar-refractivity contribution in [1.29, 1.82) is 0 Å². The number of para-hydroxylation sites is 1. The van der Waals surface area contributed by atoms with Crippen molar-refractivity contribution in [1.82, 2.24) is 4.98 Å². The maximum atomic E-state index is 12.8. The summed E-state index contributed by atoms with van der Waals surface area (Å²) in [5, 5.41) is -0.0837. The first-order valence-electron chi connectivity index (χ1n) is 9.23. The average molecular weight is 512 g/mol. The van der Waals surface area contributed by atoms with Crippen molar-refractivity contribution in [2.75, 3.05) is 5.75 Å². The van der Waals surface area contributed by atoms with Crippen LogP contribution >= 0.6 is 23.2 Å². The van der Waals surface area contributed by atoms with Gasteiger partial charge in [0.2, 0.25) is 5.89 Å². The minimum absolute atomic E-state index is 0.0449. The molecule has 0 saturated carbocycles. The van der Waals surface area contributed by atoms with Crippen molar-refractivity contribution >= 4 is 54.3 Å². The summed E-state index contributed by atoms with van der Waals surface area (Å²) in [6, 6.07) is 14.8. The molecule has 4 rings (SSSR count). The molecule has 7 nitrogen and oxygen atoms in total. The summed E-state index contributed by atoms with van der Waals surface area (Å²) in [7, 11) is -7.75. The normalized spacial score (nSPS) is 12.2. The molecule has 0 radical (unpaired) electrons. The Kier molecular flexibility index (Phi) is 5.93. The highest BCUT2D eigenvalue weighted by Gasteiger charge is 2.24. The zero-order valence-corrected chi connectivity index (χ0v) is 19.6. The molecule has 0 aliphatic heterocycles. The third-order valence-electron chi connectivity index (χ3n) is 4.60. The molecular weight excluding hydrogens is 497 g/mol. The number of oxazole rings is 1. The Bertz CT molecular complexity index is 1550. The second-order valence-electron chi connectivity index (χ2n) is 6.64. The van der Waals surface area contributed by atoms with Crippen LogP contribution in [-0.2, 0) is 20.0 Å². The molecule has 3 aromatic carbocycles. The number of rotatable bonds is 6. The highest BCUT2D eigenvalue weighted by Crippen LogP contribution is 2.36. The molecule has 0 bridgehead atoms. The first kappa shape index (κ1) is 22.6. The summed E-state index contributed by atoms with van der Waals surface area (Å²) in [6.07, 6.45) is 0. The summed E-state index contributed by atoms with van der Waals surface area (Å²) in [6.45, 7) is 1.55. The Morgan fingerprint density at radius 1 is 0.969 bits per heavy atom. The van der Waals surface area contributed by atoms with E-state index >= 15 is 0 Å². The smallest absolute Gasteiger partial charge is 0.340 e. The third-order valence-corrected chi connectivity index (χ3v) is 8.54. The number of sulfone groups is 1. The molecule has 11 heteroatoms. The van der Waals surface area contributed by atoms with Crippen molar-refractivity contribution < 1.29 is 25.4 Å². The van der Waals surface area contributed by atoms with E-state index in [4.69, 9.17) is 31.8 Å². The predicted molar refractivity (Wildman–Crippen MR) is 121 cm³/mol. The topological polar surface area (TPSA) is 104 Å². The maximum absolute atomic E-state index is 12.8. The van der Waals surface area contributed by atoms with Crippen LogP contribution in [0.15, 0.2) is 74.9 Å². The van der Waals surface area contributed by atoms with Crippen LogP contribution in [0, 0.1) is 0 Å². The van der Waals surface area contributed by atoms with Gasteiger partial charge in [-0.05, 0) is 42.5 Å². The van der Waals surface area contributed by atoms with E-state index in [1.807, 2.05) is 0 Å². The van der Waals surface area contributed by atoms with Crippen molar-refractivity contribution in [2.24, 2.45) is 0 Å². The first-order chi connectivity index (χ1) is 15.1. The molecule has 0 unspecified atom stereocenters. The van der Waals surface area contributed by atoms with Gasteiger partial charge in [0, 0.05) is 0 Å². The van der Waals surface area contributed by atoms with Crippen LogP contribution < -0.4 is 4.18 Å². The van der Waals surface area contributed by atoms with E-state index in [1.54, 1.807) is 25.1 Å². The monoisotopic (exact) mass is 511 g/mol. The lowest BCUT2D eigenvalue weighted by Gasteiger charge is -2.11. The molecule has 0 aliphatic rings. The number of aromatic nitrogens is 1. The van der Waals surface area contributed by atoms with Gasteiger partial charge in [-0.1, -0.05) is 48.3 Å². The van der Waals surface area contributed by atoms with Gasteiger partial charge in [-0.15, -0.1) is 0 Å². The lowest BCUT2D eigenvalue weighted by atomic mass is 10.2. The highest BCUT2D eigenvalue weighted by molar-refractivity contribution is 7.91. The van der Waals surface area contributed by atoms with E-state index in [1.165, 1.54) is 42.5 Å². The van der Waals surface area contributed by atoms with Crippen molar-refractivity contribution in [3.63, 3.8) is 0 Å². The van der Waals surface area contributed by atoms with Crippen LogP contribution in [0.25, 0.3) is 22.6 Å². The lowest BCUT2D eigenvalue weighted by molar-refractivity contribution is 0.485. The average Bonchev–Trinajstić information content (AvgIpc) is 3.19. The molecule has 4 aromatic rings. The minimum atomic E-state index is -4.32. The predicted octanol–water partition coefficient (Wildman–Crippen LogP) is 5.36. The van der Waals surface area contributed by atoms with Gasteiger partial charge in [-0.2, -0.15) is 8.42 Å². The first-order valence-corrected chi connectivity index (χ1v) is 13.1. The molecule has 1 heterocycles. The van der Waals surface area contributed by atoms with E-state index in [9.17, 15) is 16.8 Å². The highest BCUT2D eigenvalue weighted by atomic mass is 35.5. The number of hydrogen-bond donors (Lipinski definition) is 0. The number of hydrogen-bond acceptors (Lipinski definition) is 7. The summed E-state index contributed by atoms with van der Waals surface area (Å²) in [5.74, 6) is -0.0328. The molecule has 0 amide bonds. The Morgan fingerprint density at radius 3 is 2.47 bits per heavy atom. The molecule has 1 aromatic heterocycles. The number of halogens is 2. The van der Waals surface area contributed by atoms with E-state index < -0.39 is 20.0 Å². The zero-order chi connectivity index (χ0) is 23.1. The maximum Gasteiger partial charge on any atom is 0.340 e. The summed E-state index contributed by atoms with van der Waals surface area (Å²) < 4.78 is 61.0. The molecule has 0 fully saturated rings. The molecule has 0 spiro atoms. The van der Waals surface area contributed by atoms with Crippen LogP contribution in [-0.4, -0.2) is 27.6 Å². The Balaban J connectivity index is 1.77. The van der Waals surface area contributed by atoms with Gasteiger partial charge in [0.1, 0.15) is 10.4 Å². The van der Waals surface area contributed by atoms with Gasteiger partial charge in [0.05, 0.1) is 26.3 Å². The molecule has 0 N–H and O–H groups in total. The number of nitrogens with zero attached hydrogens (tertiary/aromatic N) is 1. The number of benzene rings is 3. The molecular formula is C21H15Cl2NO6S2. The van der Waals surface area contributed by atoms with Crippen molar-refractivity contribution in [2.45, 2.75) is 16.7 Å². The summed E-state index contributed by atoms with van der Waals surface area (Å²) >= 11 is 12.0. The third kappa shape index (κ3) is 4.21. The fourth-order valence-electron chi connectivity index (χ4n) is 2.94. The number of fused-ring (bicyclic) bond motifs is 1. The van der Waals surface area contributed by atoms with E-state index in [0.717, 1.165) is 0 Å². The zero-order valence-electron chi connectivity index (χ0n) is 16.4. The van der Waals surface area contributed by atoms with Crippen molar-refractivity contribution in [3.8, 4) is 17.2 Å². The van der Waals surface area contributed by atoms with Gasteiger partial charge in [-0.3, -0.25) is 0 Å². The summed E-state index contributed by atoms with van der Waals surface area (Å²) in [4.78, 5) is 4.17. The van der Waals surface area contributed by atoms with Crippen LogP contribution in [0.2, 0.25) is 10.0 Å². The molecule has 166 valence electrons. The van der Waals surface area contributed by atoms with E-state index in [0.29, 0.717) is 11.1 Å². The largest absolute Gasteiger partial charge is 0.436 e. The molecule has 0 aliphatic carbocycles. The van der Waals surface area contributed by atoms with Crippen LogP contribution in [0.4, 0.5) is 0 Å². The molecule has 0 saturated heterocycles. The van der Waals surface area contributed by atoms with Gasteiger partial charge in [-0.25, -0.2) is 13.4 Å². The fraction of sp³-hybridized carbons (Fsp3) is 0.0952. The standard InChI is InChI=1S/C21H15Cl2NO6S2/c1-2-31(25,26)13-10-11-18-16(12-13)24-21(29-18)14-6-3-4-8-17(14)30-32(27,28)19-9-5-7-15(22)20(19)23/h3-12H,2H2,1H3. The van der Waals surface area contributed by atoms with Crippen molar-refractivity contribution in [3.05, 3.63) is 70.7 Å². The lowest BCUT2D eigenvalue weighted by Crippen LogP contribution is -2.11. The fourth-order valence-corrected chi connectivity index (χ4v) is 5.52. The Morgan fingerprint density at radius 2 is 1.72 bits per heavy atom. The van der Waals surface area contributed by atoms with Gasteiger partial charge >= 0.3 is 10.1 Å². The van der Waals surface area contributed by atoms with Crippen LogP contribution in [0.5, 0.6) is 5.75 Å². The second kappa shape index (κ2) is 8.40. The van der Waals surface area contributed by atoms with Crippen LogP contribution in [0.1, 0.15) is 6.92 Å². The van der Waals surface area contributed by atoms with E-state index in [2.05, 4.69) is 4.98 Å². The molecule has 0 atom stereocenters. The summed E-state index contributed by atoms with van der Waals surface area (Å²) in [5.41, 5.74) is 0.904. The van der Waals surface area contributed by atoms with Gasteiger partial charge < -0.3 is 8.60 Å². The SMILES string of the molecule is CCS(=O)(=O)c1ccc2oc(-c3ccccc3OS(=O)(=O)c3cccc(Cl)c3Cl)nc2c1. The molecule has 32 heavy (non-hydrogen) atoms.